The quantitative estimate of drug-likeness (QED) is 0.802. The first-order valence-corrected chi connectivity index (χ1v) is 8.35. The lowest BCUT2D eigenvalue weighted by atomic mass is 9.70. The molecule has 0 saturated carbocycles. The number of benzene rings is 1. The first-order chi connectivity index (χ1) is 11.6. The van der Waals surface area contributed by atoms with Crippen LogP contribution in [-0.2, 0) is 10.2 Å². The number of aromatic nitrogens is 2. The maximum Gasteiger partial charge on any atom is 0.359 e. The lowest BCUT2D eigenvalue weighted by Crippen LogP contribution is -2.28. The molecule has 0 saturated heterocycles. The lowest BCUT2D eigenvalue weighted by molar-refractivity contribution is 0.0517. The highest BCUT2D eigenvalue weighted by molar-refractivity contribution is 6.35. The first-order valence-electron chi connectivity index (χ1n) is 7.60. The number of carbonyl (C=O) groups is 1. The molecular formula is C18H16Cl2N2O2. The van der Waals surface area contributed by atoms with Gasteiger partial charge in [0.2, 0.25) is 0 Å². The number of hydrogen-bond donors (Lipinski definition) is 1. The second kappa shape index (κ2) is 6.83. The lowest BCUT2D eigenvalue weighted by Gasteiger charge is -2.32. The topological polar surface area (TPSA) is 55.0 Å². The van der Waals surface area contributed by atoms with Crippen LogP contribution in [0.3, 0.4) is 0 Å². The van der Waals surface area contributed by atoms with Crippen LogP contribution in [0.2, 0.25) is 10.0 Å². The van der Waals surface area contributed by atoms with Gasteiger partial charge in [0.1, 0.15) is 0 Å². The zero-order chi connectivity index (χ0) is 17.2. The number of rotatable bonds is 4. The van der Waals surface area contributed by atoms with E-state index in [4.69, 9.17) is 27.9 Å². The molecule has 4 nitrogen and oxygen atoms in total. The fraction of sp³-hybridized carbons (Fsp3) is 0.222. The Bertz CT molecular complexity index is 826. The van der Waals surface area contributed by atoms with Crippen molar-refractivity contribution in [2.45, 2.75) is 18.8 Å². The number of nitrogens with zero attached hydrogens (tertiary/aromatic N) is 1. The van der Waals surface area contributed by atoms with E-state index < -0.39 is 11.4 Å². The maximum atomic E-state index is 12.3. The van der Waals surface area contributed by atoms with Crippen LogP contribution < -0.4 is 0 Å². The van der Waals surface area contributed by atoms with Gasteiger partial charge >= 0.3 is 5.97 Å². The molecule has 1 aromatic heterocycles. The number of carbonyl (C=O) groups excluding carboxylic acids is 1. The van der Waals surface area contributed by atoms with E-state index in [0.29, 0.717) is 16.5 Å². The van der Waals surface area contributed by atoms with Crippen molar-refractivity contribution in [1.29, 1.82) is 0 Å². The Balaban J connectivity index is 2.19. The molecule has 124 valence electrons. The SMILES string of the molecule is CCOC(=O)c1n[nH]cc1C1(c2ccc(Cl)cc2Cl)C=CC=CC1. The van der Waals surface area contributed by atoms with Crippen LogP contribution >= 0.6 is 23.2 Å². The fourth-order valence-electron chi connectivity index (χ4n) is 3.00. The smallest absolute Gasteiger partial charge is 0.359 e. The number of esters is 1. The Morgan fingerprint density at radius 3 is 2.83 bits per heavy atom. The third-order valence-corrected chi connectivity index (χ3v) is 4.62. The number of H-pyrrole nitrogens is 1. The number of allylic oxidation sites excluding steroid dienone is 4. The monoisotopic (exact) mass is 362 g/mol. The molecule has 1 N–H and O–H groups in total. The molecule has 3 rings (SSSR count). The number of hydrogen-bond acceptors (Lipinski definition) is 3. The summed E-state index contributed by atoms with van der Waals surface area (Å²) in [5, 5.41) is 7.99. The summed E-state index contributed by atoms with van der Waals surface area (Å²) in [6.07, 6.45) is 10.3. The van der Waals surface area contributed by atoms with Crippen LogP contribution in [0, 0.1) is 0 Å². The molecule has 1 aliphatic carbocycles. The Labute approximate surface area is 150 Å². The minimum atomic E-state index is -0.606. The van der Waals surface area contributed by atoms with E-state index in [1.807, 2.05) is 30.4 Å². The van der Waals surface area contributed by atoms with Crippen molar-refractivity contribution < 1.29 is 9.53 Å². The second-order valence-electron chi connectivity index (χ2n) is 5.45. The number of nitrogens with one attached hydrogen (secondary N) is 1. The van der Waals surface area contributed by atoms with Gasteiger partial charge in [0.25, 0.3) is 0 Å². The summed E-state index contributed by atoms with van der Waals surface area (Å²) in [6, 6.07) is 5.38. The van der Waals surface area contributed by atoms with Gasteiger partial charge in [-0.15, -0.1) is 0 Å². The van der Waals surface area contributed by atoms with E-state index >= 15 is 0 Å². The van der Waals surface area contributed by atoms with E-state index in [2.05, 4.69) is 10.2 Å². The highest BCUT2D eigenvalue weighted by Crippen LogP contribution is 2.44. The van der Waals surface area contributed by atoms with Crippen LogP contribution in [0.5, 0.6) is 0 Å². The minimum absolute atomic E-state index is 0.266. The normalized spacial score (nSPS) is 19.5. The molecule has 6 heteroatoms. The Hall–Kier alpha value is -2.04. The molecule has 0 aliphatic heterocycles. The number of ether oxygens (including phenoxy) is 1. The number of halogens is 2. The summed E-state index contributed by atoms with van der Waals surface area (Å²) in [4.78, 5) is 12.3. The third-order valence-electron chi connectivity index (χ3n) is 4.07. The molecule has 0 fully saturated rings. The molecule has 0 radical (unpaired) electrons. The summed E-state index contributed by atoms with van der Waals surface area (Å²) in [5.41, 5.74) is 1.25. The Morgan fingerprint density at radius 1 is 1.33 bits per heavy atom. The largest absolute Gasteiger partial charge is 0.461 e. The van der Waals surface area contributed by atoms with Gasteiger partial charge in [-0.2, -0.15) is 5.10 Å². The molecule has 0 bridgehead atoms. The van der Waals surface area contributed by atoms with Crippen molar-refractivity contribution in [3.8, 4) is 0 Å². The van der Waals surface area contributed by atoms with Crippen LogP contribution in [0.1, 0.15) is 35.0 Å². The summed E-state index contributed by atoms with van der Waals surface area (Å²) < 4.78 is 5.13. The number of aromatic amines is 1. The van der Waals surface area contributed by atoms with E-state index in [1.165, 1.54) is 0 Å². The average Bonchev–Trinajstić information content (AvgIpc) is 3.06. The van der Waals surface area contributed by atoms with Crippen molar-refractivity contribution >= 4 is 29.2 Å². The predicted octanol–water partition coefficient (Wildman–Crippen LogP) is 4.70. The molecule has 24 heavy (non-hydrogen) atoms. The second-order valence-corrected chi connectivity index (χ2v) is 6.30. The highest BCUT2D eigenvalue weighted by atomic mass is 35.5. The van der Waals surface area contributed by atoms with Gasteiger partial charge in [-0.25, -0.2) is 4.79 Å². The fourth-order valence-corrected chi connectivity index (χ4v) is 3.58. The standard InChI is InChI=1S/C18H16Cl2N2O2/c1-2-24-17(23)16-14(11-21-22-16)18(8-4-3-5-9-18)13-7-6-12(19)10-15(13)20/h3-8,10-11H,2,9H2,1H3,(H,21,22). The zero-order valence-electron chi connectivity index (χ0n) is 13.1. The molecule has 1 heterocycles. The molecular weight excluding hydrogens is 347 g/mol. The predicted molar refractivity (Wildman–Crippen MR) is 94.7 cm³/mol. The average molecular weight is 363 g/mol. The Kier molecular flexibility index (Phi) is 4.78. The molecule has 0 amide bonds. The molecule has 1 unspecified atom stereocenters. The van der Waals surface area contributed by atoms with Gasteiger partial charge in [-0.1, -0.05) is 53.6 Å². The summed E-state index contributed by atoms with van der Waals surface area (Å²) in [5.74, 6) is -0.457. The highest BCUT2D eigenvalue weighted by Gasteiger charge is 2.38. The van der Waals surface area contributed by atoms with Crippen LogP contribution in [0.25, 0.3) is 0 Å². The van der Waals surface area contributed by atoms with E-state index in [1.54, 1.807) is 25.3 Å². The van der Waals surface area contributed by atoms with Crippen LogP contribution in [-0.4, -0.2) is 22.8 Å². The van der Waals surface area contributed by atoms with E-state index in [0.717, 1.165) is 11.1 Å². The molecule has 1 aliphatic rings. The van der Waals surface area contributed by atoms with Gasteiger partial charge < -0.3 is 4.74 Å². The summed E-state index contributed by atoms with van der Waals surface area (Å²) in [7, 11) is 0. The Morgan fingerprint density at radius 2 is 2.17 bits per heavy atom. The van der Waals surface area contributed by atoms with Gasteiger partial charge in [0, 0.05) is 27.2 Å². The van der Waals surface area contributed by atoms with Crippen molar-refractivity contribution in [2.24, 2.45) is 0 Å². The van der Waals surface area contributed by atoms with Crippen molar-refractivity contribution in [3.05, 3.63) is 75.6 Å². The van der Waals surface area contributed by atoms with Crippen LogP contribution in [0.15, 0.2) is 48.7 Å². The van der Waals surface area contributed by atoms with Crippen molar-refractivity contribution in [1.82, 2.24) is 10.2 Å². The first kappa shape index (κ1) is 16.8. The third kappa shape index (κ3) is 2.87. The van der Waals surface area contributed by atoms with Gasteiger partial charge in [-0.05, 0) is 31.0 Å². The summed E-state index contributed by atoms with van der Waals surface area (Å²) in [6.45, 7) is 2.05. The molecule has 0 spiro atoms. The van der Waals surface area contributed by atoms with Gasteiger partial charge in [-0.3, -0.25) is 5.10 Å². The summed E-state index contributed by atoms with van der Waals surface area (Å²) >= 11 is 12.5. The van der Waals surface area contributed by atoms with E-state index in [-0.39, 0.29) is 12.3 Å². The zero-order valence-corrected chi connectivity index (χ0v) is 14.6. The molecule has 2 aromatic rings. The van der Waals surface area contributed by atoms with Crippen molar-refractivity contribution in [3.63, 3.8) is 0 Å². The van der Waals surface area contributed by atoms with Crippen LogP contribution in [0.4, 0.5) is 0 Å². The maximum absolute atomic E-state index is 12.3. The molecule has 1 atom stereocenters. The van der Waals surface area contributed by atoms with Gasteiger partial charge in [0.05, 0.1) is 6.61 Å². The minimum Gasteiger partial charge on any atom is -0.461 e. The van der Waals surface area contributed by atoms with Crippen molar-refractivity contribution in [2.75, 3.05) is 6.61 Å². The van der Waals surface area contributed by atoms with Gasteiger partial charge in [0.15, 0.2) is 5.69 Å². The van der Waals surface area contributed by atoms with E-state index in [9.17, 15) is 4.79 Å². The molecule has 1 aromatic carbocycles.